The van der Waals surface area contributed by atoms with E-state index in [-0.39, 0.29) is 66.8 Å². The summed E-state index contributed by atoms with van der Waals surface area (Å²) >= 11 is 0.729. The van der Waals surface area contributed by atoms with Gasteiger partial charge >= 0.3 is 70.6 Å². The van der Waals surface area contributed by atoms with Gasteiger partial charge in [0.2, 0.25) is 0 Å². The van der Waals surface area contributed by atoms with E-state index in [1.165, 1.54) is 0 Å². The SMILES string of the molecule is [C-]1=CC=CC1.[C-]1=[As]C=C[AsH]1.[Cl-].[Cl-].[Zr+4]. The monoisotopic (exact) mass is 414 g/mol. The maximum Gasteiger partial charge on any atom is 4.00 e. The molecule has 68 valence electrons. The van der Waals surface area contributed by atoms with E-state index in [0.717, 1.165) is 6.42 Å². The molecule has 0 aromatic carbocycles. The minimum absolute atomic E-state index is 0. The van der Waals surface area contributed by atoms with Gasteiger partial charge in [-0.15, -0.1) is 6.42 Å². The van der Waals surface area contributed by atoms with E-state index < -0.39 is 0 Å². The Hall–Kier alpha value is 1.67. The van der Waals surface area contributed by atoms with Gasteiger partial charge in [-0.1, -0.05) is 0 Å². The van der Waals surface area contributed by atoms with Gasteiger partial charge in [0.15, 0.2) is 0 Å². The minimum Gasteiger partial charge on any atom is -1.00 e. The Morgan fingerprint density at radius 1 is 1.31 bits per heavy atom. The molecule has 1 aliphatic heterocycles. The van der Waals surface area contributed by atoms with Crippen LogP contribution in [0.2, 0.25) is 0 Å². The molecule has 1 unspecified atom stereocenters. The fraction of sp³-hybridized carbons (Fsp3) is 0.125. The second-order valence-electron chi connectivity index (χ2n) is 1.70. The van der Waals surface area contributed by atoms with Gasteiger partial charge in [-0.25, -0.2) is 12.2 Å². The Kier molecular flexibility index (Phi) is 24.9. The van der Waals surface area contributed by atoms with Crippen LogP contribution in [0, 0.1) is 6.08 Å². The van der Waals surface area contributed by atoms with E-state index in [0.29, 0.717) is 15.3 Å². The van der Waals surface area contributed by atoms with Gasteiger partial charge in [-0.05, 0) is 0 Å². The summed E-state index contributed by atoms with van der Waals surface area (Å²) in [6, 6.07) is 0. The van der Waals surface area contributed by atoms with Crippen LogP contribution in [0.5, 0.6) is 0 Å². The third-order valence-electron chi connectivity index (χ3n) is 0.947. The largest absolute Gasteiger partial charge is 4.00 e. The summed E-state index contributed by atoms with van der Waals surface area (Å²) in [6.45, 7) is 0. The minimum atomic E-state index is 0. The molecule has 1 aliphatic carbocycles. The molecular weight excluding hydrogens is 408 g/mol. The first-order valence-corrected chi connectivity index (χ1v) is 7.35. The smallest absolute Gasteiger partial charge is 1.00 e. The second kappa shape index (κ2) is 16.1. The van der Waals surface area contributed by atoms with E-state index in [4.69, 9.17) is 0 Å². The standard InChI is InChI=1S/C5H5.C3H3As2.2ClH.Zr/c1-2-4-5-3-1;1-2-5-3-4-1;;;/h1-3H,4H2;1-2,4H;2*1H;/q2*-1;;;+4/p-2. The summed E-state index contributed by atoms with van der Waals surface area (Å²) in [6.07, 6.45) is 10.0. The summed E-state index contributed by atoms with van der Waals surface area (Å²) in [5.41, 5.74) is 0. The van der Waals surface area contributed by atoms with Crippen LogP contribution in [0.25, 0.3) is 0 Å². The summed E-state index contributed by atoms with van der Waals surface area (Å²) in [7, 11) is 0. The Labute approximate surface area is 125 Å². The van der Waals surface area contributed by atoms with Crippen LogP contribution in [-0.4, -0.2) is 34.7 Å². The number of hydrogen-bond donors (Lipinski definition) is 0. The molecule has 0 spiro atoms. The summed E-state index contributed by atoms with van der Waals surface area (Å²) in [5.74, 6) is 0. The third kappa shape index (κ3) is 13.7. The van der Waals surface area contributed by atoms with Crippen molar-refractivity contribution >= 4 is 34.7 Å². The first-order chi connectivity index (χ1) is 5.00. The molecule has 1 heterocycles. The molecular formula is C8H8As2Cl2Zr. The van der Waals surface area contributed by atoms with Crippen molar-refractivity contribution in [2.75, 3.05) is 0 Å². The first-order valence-electron chi connectivity index (χ1n) is 3.07. The van der Waals surface area contributed by atoms with Crippen LogP contribution in [0.1, 0.15) is 6.42 Å². The predicted molar refractivity (Wildman–Crippen MR) is 48.6 cm³/mol. The number of allylic oxidation sites excluding steroid dienone is 4. The summed E-state index contributed by atoms with van der Waals surface area (Å²) in [5, 5.41) is 0. The zero-order valence-electron chi connectivity index (χ0n) is 6.80. The predicted octanol–water partition coefficient (Wildman–Crippen LogP) is -5.44. The van der Waals surface area contributed by atoms with Crippen LogP contribution < -0.4 is 24.8 Å². The van der Waals surface area contributed by atoms with Crippen LogP contribution in [-0.2, 0) is 26.2 Å². The number of rotatable bonds is 0. The Bertz CT molecular complexity index is 158. The van der Waals surface area contributed by atoms with Crippen LogP contribution in [0.4, 0.5) is 0 Å². The molecule has 0 fully saturated rings. The van der Waals surface area contributed by atoms with Crippen LogP contribution >= 0.6 is 0 Å². The van der Waals surface area contributed by atoms with Crippen molar-refractivity contribution < 1.29 is 51.0 Å². The number of hydrogen-bond acceptors (Lipinski definition) is 0. The fourth-order valence-corrected chi connectivity index (χ4v) is 5.37. The van der Waals surface area contributed by atoms with Crippen molar-refractivity contribution in [3.05, 3.63) is 34.0 Å². The van der Waals surface area contributed by atoms with Crippen molar-refractivity contribution in [2.24, 2.45) is 0 Å². The maximum absolute atomic E-state index is 3.33. The quantitative estimate of drug-likeness (QED) is 0.273. The zero-order valence-corrected chi connectivity index (χ0v) is 14.7. The molecule has 5 heteroatoms. The van der Waals surface area contributed by atoms with Crippen molar-refractivity contribution in [1.29, 1.82) is 0 Å². The van der Waals surface area contributed by atoms with Crippen molar-refractivity contribution in [3.63, 3.8) is 0 Å². The average molecular weight is 416 g/mol. The zero-order chi connectivity index (χ0) is 7.07. The molecule has 1 atom stereocenters. The molecule has 0 N–H and O–H groups in total. The molecule has 0 nitrogen and oxygen atoms in total. The van der Waals surface area contributed by atoms with Crippen LogP contribution in [0.15, 0.2) is 28.0 Å². The molecule has 2 rings (SSSR count). The van der Waals surface area contributed by atoms with Crippen molar-refractivity contribution in [1.82, 2.24) is 0 Å². The van der Waals surface area contributed by atoms with Crippen LogP contribution in [0.3, 0.4) is 0 Å². The normalized spacial score (nSPS) is 16.6. The van der Waals surface area contributed by atoms with E-state index in [1.807, 2.05) is 12.2 Å². The van der Waals surface area contributed by atoms with Gasteiger partial charge in [0.1, 0.15) is 0 Å². The molecule has 13 heavy (non-hydrogen) atoms. The van der Waals surface area contributed by atoms with Gasteiger partial charge < -0.3 is 24.8 Å². The van der Waals surface area contributed by atoms with E-state index in [9.17, 15) is 0 Å². The second-order valence-corrected chi connectivity index (χ2v) is 7.08. The fourth-order valence-electron chi connectivity index (χ4n) is 0.527. The third-order valence-corrected chi connectivity index (χ3v) is 6.90. The molecule has 0 aromatic heterocycles. The van der Waals surface area contributed by atoms with Gasteiger partial charge in [-0.3, -0.25) is 6.08 Å². The van der Waals surface area contributed by atoms with Gasteiger partial charge in [-0.2, -0.15) is 6.08 Å². The maximum atomic E-state index is 3.33. The average Bonchev–Trinajstić information content (AvgIpc) is 2.67. The summed E-state index contributed by atoms with van der Waals surface area (Å²) < 4.78 is 3.33. The first kappa shape index (κ1) is 20.1. The molecule has 0 bridgehead atoms. The Morgan fingerprint density at radius 2 is 2.08 bits per heavy atom. The van der Waals surface area contributed by atoms with Gasteiger partial charge in [0.25, 0.3) is 0 Å². The van der Waals surface area contributed by atoms with E-state index in [1.54, 1.807) is 0 Å². The molecule has 0 saturated carbocycles. The van der Waals surface area contributed by atoms with E-state index >= 15 is 0 Å². The van der Waals surface area contributed by atoms with Crippen molar-refractivity contribution in [3.8, 4) is 0 Å². The van der Waals surface area contributed by atoms with Crippen molar-refractivity contribution in [2.45, 2.75) is 6.42 Å². The molecule has 0 saturated heterocycles. The summed E-state index contributed by atoms with van der Waals surface area (Å²) in [4.78, 5) is 4.57. The van der Waals surface area contributed by atoms with Gasteiger partial charge in [0.05, 0.1) is 0 Å². The molecule has 0 radical (unpaired) electrons. The topological polar surface area (TPSA) is 0 Å². The Balaban J connectivity index is -0.000000125. The van der Waals surface area contributed by atoms with E-state index in [2.05, 4.69) is 25.5 Å². The molecule has 0 aromatic rings. The Morgan fingerprint density at radius 3 is 2.23 bits per heavy atom. The number of halogens is 2. The molecule has 2 aliphatic rings. The van der Waals surface area contributed by atoms with Gasteiger partial charge in [0, 0.05) is 0 Å². The molecule has 0 amide bonds.